The monoisotopic (exact) mass is 371 g/mol. The maximum atomic E-state index is 12.4. The van der Waals surface area contributed by atoms with E-state index in [0.29, 0.717) is 5.78 Å². The lowest BCUT2D eigenvalue weighted by atomic mass is 9.97. The van der Waals surface area contributed by atoms with Crippen LogP contribution in [0.3, 0.4) is 0 Å². The van der Waals surface area contributed by atoms with Crippen molar-refractivity contribution in [2.75, 3.05) is 20.6 Å². The Labute approximate surface area is 142 Å². The molecule has 0 heterocycles. The zero-order valence-electron chi connectivity index (χ0n) is 12.8. The van der Waals surface area contributed by atoms with Crippen molar-refractivity contribution in [2.45, 2.75) is 25.7 Å². The molecule has 2 atom stereocenters. The minimum Gasteiger partial charge on any atom is -0.309 e. The molecule has 2 unspecified atom stereocenters. The molecule has 0 aromatic heterocycles. The third-order valence-electron chi connectivity index (χ3n) is 3.86. The van der Waals surface area contributed by atoms with E-state index in [1.807, 2.05) is 26.2 Å². The number of carbonyl (C=O) groups is 1. The van der Waals surface area contributed by atoms with E-state index < -0.39 is 0 Å². The molecule has 0 N–H and O–H groups in total. The highest BCUT2D eigenvalue weighted by Gasteiger charge is 2.29. The van der Waals surface area contributed by atoms with Crippen LogP contribution in [0.1, 0.15) is 31.2 Å². The lowest BCUT2D eigenvalue weighted by Crippen LogP contribution is -2.24. The summed E-state index contributed by atoms with van der Waals surface area (Å²) >= 11 is 3.50. The largest absolute Gasteiger partial charge is 0.309 e. The van der Waals surface area contributed by atoms with Gasteiger partial charge in [0.25, 0.3) is 0 Å². The number of benzene rings is 1. The Morgan fingerprint density at radius 3 is 2.76 bits per heavy atom. The van der Waals surface area contributed by atoms with Gasteiger partial charge >= 0.3 is 0 Å². The quantitative estimate of drug-likeness (QED) is 0.728. The van der Waals surface area contributed by atoms with Crippen LogP contribution in [-0.2, 0) is 4.79 Å². The molecule has 21 heavy (non-hydrogen) atoms. The molecular formula is C17H23BrClNO. The molecule has 1 aromatic rings. The SMILES string of the molecule is CC(/C=C1\CCC(CN(C)C)C1=O)c1cccc(Br)c1.Cl. The van der Waals surface area contributed by atoms with Gasteiger partial charge in [-0.3, -0.25) is 4.79 Å². The van der Waals surface area contributed by atoms with Crippen LogP contribution in [0.15, 0.2) is 40.4 Å². The number of hydrogen-bond acceptors (Lipinski definition) is 2. The number of rotatable bonds is 4. The fourth-order valence-corrected chi connectivity index (χ4v) is 3.23. The fraction of sp³-hybridized carbons (Fsp3) is 0.471. The van der Waals surface area contributed by atoms with E-state index in [1.54, 1.807) is 0 Å². The normalized spacial score (nSPS) is 21.7. The van der Waals surface area contributed by atoms with Crippen molar-refractivity contribution in [3.8, 4) is 0 Å². The van der Waals surface area contributed by atoms with E-state index in [-0.39, 0.29) is 24.2 Å². The molecule has 0 bridgehead atoms. The number of ketones is 1. The molecule has 0 aliphatic heterocycles. The van der Waals surface area contributed by atoms with Crippen LogP contribution < -0.4 is 0 Å². The van der Waals surface area contributed by atoms with E-state index in [0.717, 1.165) is 29.4 Å². The number of nitrogens with zero attached hydrogens (tertiary/aromatic N) is 1. The van der Waals surface area contributed by atoms with Crippen molar-refractivity contribution in [3.63, 3.8) is 0 Å². The average Bonchev–Trinajstić information content (AvgIpc) is 2.71. The molecule has 1 fully saturated rings. The lowest BCUT2D eigenvalue weighted by molar-refractivity contribution is -0.118. The van der Waals surface area contributed by atoms with Crippen molar-refractivity contribution in [2.24, 2.45) is 5.92 Å². The van der Waals surface area contributed by atoms with Crippen LogP contribution in [-0.4, -0.2) is 31.3 Å². The summed E-state index contributed by atoms with van der Waals surface area (Å²) in [6, 6.07) is 8.30. The van der Waals surface area contributed by atoms with Crippen molar-refractivity contribution in [3.05, 3.63) is 46.0 Å². The summed E-state index contributed by atoms with van der Waals surface area (Å²) in [6.45, 7) is 3.02. The van der Waals surface area contributed by atoms with Gasteiger partial charge in [-0.15, -0.1) is 12.4 Å². The topological polar surface area (TPSA) is 20.3 Å². The second kappa shape index (κ2) is 8.11. The molecule has 0 spiro atoms. The summed E-state index contributed by atoms with van der Waals surface area (Å²) in [5.74, 6) is 0.816. The van der Waals surface area contributed by atoms with Crippen LogP contribution in [0.25, 0.3) is 0 Å². The van der Waals surface area contributed by atoms with Crippen molar-refractivity contribution >= 4 is 34.1 Å². The highest BCUT2D eigenvalue weighted by molar-refractivity contribution is 9.10. The molecule has 1 saturated carbocycles. The van der Waals surface area contributed by atoms with Gasteiger partial charge < -0.3 is 4.90 Å². The molecule has 1 aromatic carbocycles. The third-order valence-corrected chi connectivity index (χ3v) is 4.35. The molecule has 1 aliphatic rings. The Kier molecular flexibility index (Phi) is 7.11. The maximum Gasteiger partial charge on any atom is 0.162 e. The van der Waals surface area contributed by atoms with Gasteiger partial charge in [-0.2, -0.15) is 0 Å². The summed E-state index contributed by atoms with van der Waals surface area (Å²) in [7, 11) is 4.05. The van der Waals surface area contributed by atoms with Gasteiger partial charge in [0, 0.05) is 16.9 Å². The highest BCUT2D eigenvalue weighted by Crippen LogP contribution is 2.30. The Morgan fingerprint density at radius 2 is 2.14 bits per heavy atom. The van der Waals surface area contributed by atoms with E-state index in [9.17, 15) is 4.79 Å². The number of halogens is 2. The van der Waals surface area contributed by atoms with Gasteiger partial charge in [-0.1, -0.05) is 41.1 Å². The minimum absolute atomic E-state index is 0. The van der Waals surface area contributed by atoms with E-state index >= 15 is 0 Å². The summed E-state index contributed by atoms with van der Waals surface area (Å²) in [4.78, 5) is 14.5. The number of carbonyl (C=O) groups excluding carboxylic acids is 1. The predicted molar refractivity (Wildman–Crippen MR) is 94.2 cm³/mol. The number of Topliss-reactive ketones (excluding diaryl/α,β-unsaturated/α-hetero) is 1. The van der Waals surface area contributed by atoms with Crippen LogP contribution in [0.4, 0.5) is 0 Å². The maximum absolute atomic E-state index is 12.4. The molecule has 0 radical (unpaired) electrons. The Balaban J connectivity index is 0.00000220. The summed E-state index contributed by atoms with van der Waals surface area (Å²) < 4.78 is 1.09. The van der Waals surface area contributed by atoms with Gasteiger partial charge in [-0.05, 0) is 56.1 Å². The minimum atomic E-state index is 0. The van der Waals surface area contributed by atoms with Crippen LogP contribution in [0.5, 0.6) is 0 Å². The van der Waals surface area contributed by atoms with E-state index in [2.05, 4.69) is 46.0 Å². The molecule has 0 saturated heterocycles. The molecule has 2 nitrogen and oxygen atoms in total. The smallest absolute Gasteiger partial charge is 0.162 e. The predicted octanol–water partition coefficient (Wildman–Crippen LogP) is 4.44. The summed E-state index contributed by atoms with van der Waals surface area (Å²) in [6.07, 6.45) is 4.07. The van der Waals surface area contributed by atoms with Crippen molar-refractivity contribution in [1.82, 2.24) is 4.90 Å². The molecule has 1 aliphatic carbocycles. The molecule has 4 heteroatoms. The van der Waals surface area contributed by atoms with Crippen LogP contribution in [0.2, 0.25) is 0 Å². The first-order valence-electron chi connectivity index (χ1n) is 7.12. The van der Waals surface area contributed by atoms with Crippen LogP contribution >= 0.6 is 28.3 Å². The van der Waals surface area contributed by atoms with Gasteiger partial charge in [0.2, 0.25) is 0 Å². The second-order valence-corrected chi connectivity index (χ2v) is 6.81. The number of hydrogen-bond donors (Lipinski definition) is 0. The Morgan fingerprint density at radius 1 is 1.43 bits per heavy atom. The van der Waals surface area contributed by atoms with Gasteiger partial charge in [0.1, 0.15) is 0 Å². The van der Waals surface area contributed by atoms with Gasteiger partial charge in [-0.25, -0.2) is 0 Å². The Hall–Kier alpha value is -0.640. The average molecular weight is 373 g/mol. The molecule has 116 valence electrons. The summed E-state index contributed by atoms with van der Waals surface area (Å²) in [5, 5.41) is 0. The molecular weight excluding hydrogens is 350 g/mol. The first kappa shape index (κ1) is 18.4. The van der Waals surface area contributed by atoms with Gasteiger partial charge in [0.05, 0.1) is 0 Å². The van der Waals surface area contributed by atoms with Crippen molar-refractivity contribution < 1.29 is 4.79 Å². The molecule has 2 rings (SSSR count). The summed E-state index contributed by atoms with van der Waals surface area (Å²) in [5.41, 5.74) is 2.26. The Bertz CT molecular complexity index is 527. The zero-order valence-corrected chi connectivity index (χ0v) is 15.2. The van der Waals surface area contributed by atoms with E-state index in [4.69, 9.17) is 0 Å². The third kappa shape index (κ3) is 4.94. The lowest BCUT2D eigenvalue weighted by Gasteiger charge is -2.14. The molecule has 0 amide bonds. The first-order chi connectivity index (χ1) is 9.47. The number of allylic oxidation sites excluding steroid dienone is 2. The second-order valence-electron chi connectivity index (χ2n) is 5.90. The highest BCUT2D eigenvalue weighted by atomic mass is 79.9. The van der Waals surface area contributed by atoms with Crippen LogP contribution in [0, 0.1) is 5.92 Å². The fourth-order valence-electron chi connectivity index (χ4n) is 2.81. The van der Waals surface area contributed by atoms with E-state index in [1.165, 1.54) is 5.56 Å². The van der Waals surface area contributed by atoms with Gasteiger partial charge in [0.15, 0.2) is 5.78 Å². The first-order valence-corrected chi connectivity index (χ1v) is 7.91. The van der Waals surface area contributed by atoms with Crippen molar-refractivity contribution in [1.29, 1.82) is 0 Å². The standard InChI is InChI=1S/C17H22BrNO.ClH/c1-12(13-5-4-6-16(18)10-13)9-14-7-8-15(17(14)20)11-19(2)3;/h4-6,9-10,12,15H,7-8,11H2,1-3H3;1H/b14-9+;. The zero-order chi connectivity index (χ0) is 14.7.